The second-order valence-corrected chi connectivity index (χ2v) is 5.31. The van der Waals surface area contributed by atoms with Crippen LogP contribution in [0.2, 0.25) is 0 Å². The van der Waals surface area contributed by atoms with E-state index < -0.39 is 0 Å². The van der Waals surface area contributed by atoms with E-state index in [0.29, 0.717) is 26.0 Å². The number of hydrogen-bond acceptors (Lipinski definition) is 3. The molecule has 2 rings (SSSR count). The van der Waals surface area contributed by atoms with Gasteiger partial charge in [0, 0.05) is 38.8 Å². The zero-order chi connectivity index (χ0) is 15.9. The Balaban J connectivity index is 1.89. The van der Waals surface area contributed by atoms with Crippen LogP contribution in [0.5, 0.6) is 5.75 Å². The molecule has 0 fully saturated rings. The molecular weight excluding hydrogens is 278 g/mol. The second kappa shape index (κ2) is 7.64. The monoisotopic (exact) mass is 301 g/mol. The highest BCUT2D eigenvalue weighted by atomic mass is 16.5. The Morgan fingerprint density at radius 1 is 1.36 bits per heavy atom. The lowest BCUT2D eigenvalue weighted by Gasteiger charge is -2.17. The number of ether oxygens (including phenoxy) is 1. The molecule has 1 heterocycles. The van der Waals surface area contributed by atoms with Gasteiger partial charge in [0.15, 0.2) is 0 Å². The smallest absolute Gasteiger partial charge is 0.222 e. The number of benzene rings is 1. The summed E-state index contributed by atoms with van der Waals surface area (Å²) in [6.45, 7) is 3.18. The predicted octanol–water partition coefficient (Wildman–Crippen LogP) is 2.41. The summed E-state index contributed by atoms with van der Waals surface area (Å²) in [5, 5.41) is 4.12. The van der Waals surface area contributed by atoms with E-state index in [1.165, 1.54) is 0 Å². The molecular formula is C17H23N3O2. The number of nitrogens with zero attached hydrogens (tertiary/aromatic N) is 3. The zero-order valence-corrected chi connectivity index (χ0v) is 13.5. The van der Waals surface area contributed by atoms with E-state index in [2.05, 4.69) is 5.10 Å². The molecule has 1 aromatic carbocycles. The average Bonchev–Trinajstić information content (AvgIpc) is 2.91. The Labute approximate surface area is 131 Å². The summed E-state index contributed by atoms with van der Waals surface area (Å²) in [5.41, 5.74) is 2.11. The normalized spacial score (nSPS) is 10.5. The molecule has 2 aromatic rings. The van der Waals surface area contributed by atoms with Gasteiger partial charge in [-0.05, 0) is 25.0 Å². The van der Waals surface area contributed by atoms with E-state index in [1.54, 1.807) is 15.8 Å². The van der Waals surface area contributed by atoms with E-state index in [9.17, 15) is 4.79 Å². The highest BCUT2D eigenvalue weighted by Crippen LogP contribution is 2.20. The van der Waals surface area contributed by atoms with Gasteiger partial charge in [-0.3, -0.25) is 9.48 Å². The molecule has 0 saturated heterocycles. The fourth-order valence-corrected chi connectivity index (χ4v) is 2.35. The van der Waals surface area contributed by atoms with Crippen LogP contribution < -0.4 is 4.74 Å². The molecule has 1 aromatic heterocycles. The zero-order valence-electron chi connectivity index (χ0n) is 13.5. The number of para-hydroxylation sites is 1. The third kappa shape index (κ3) is 4.35. The minimum Gasteiger partial charge on any atom is -0.494 e. The van der Waals surface area contributed by atoms with Crippen molar-refractivity contribution in [2.75, 3.05) is 13.7 Å². The lowest BCUT2D eigenvalue weighted by molar-refractivity contribution is -0.130. The highest BCUT2D eigenvalue weighted by molar-refractivity contribution is 5.76. The van der Waals surface area contributed by atoms with E-state index in [4.69, 9.17) is 4.74 Å². The van der Waals surface area contributed by atoms with Crippen LogP contribution in [0.25, 0.3) is 0 Å². The molecule has 1 amide bonds. The van der Waals surface area contributed by atoms with Crippen LogP contribution in [-0.4, -0.2) is 34.2 Å². The summed E-state index contributed by atoms with van der Waals surface area (Å²) in [5.74, 6) is 0.989. The maximum absolute atomic E-state index is 12.3. The van der Waals surface area contributed by atoms with Crippen molar-refractivity contribution in [2.24, 2.45) is 7.05 Å². The molecule has 22 heavy (non-hydrogen) atoms. The molecule has 118 valence electrons. The van der Waals surface area contributed by atoms with E-state index in [1.807, 2.05) is 51.5 Å². The Morgan fingerprint density at radius 3 is 2.82 bits per heavy atom. The molecule has 5 nitrogen and oxygen atoms in total. The lowest BCUT2D eigenvalue weighted by Crippen LogP contribution is -2.26. The Bertz CT molecular complexity index is 622. The van der Waals surface area contributed by atoms with Gasteiger partial charge in [0.25, 0.3) is 0 Å². The number of aromatic nitrogens is 2. The summed E-state index contributed by atoms with van der Waals surface area (Å²) >= 11 is 0. The average molecular weight is 301 g/mol. The van der Waals surface area contributed by atoms with Crippen LogP contribution in [-0.2, 0) is 24.8 Å². The van der Waals surface area contributed by atoms with Crippen LogP contribution >= 0.6 is 0 Å². The first-order valence-corrected chi connectivity index (χ1v) is 7.52. The fourth-order valence-electron chi connectivity index (χ4n) is 2.35. The minimum absolute atomic E-state index is 0.121. The highest BCUT2D eigenvalue weighted by Gasteiger charge is 2.12. The second-order valence-electron chi connectivity index (χ2n) is 5.31. The van der Waals surface area contributed by atoms with Crippen molar-refractivity contribution in [3.05, 3.63) is 47.8 Å². The molecule has 0 aliphatic rings. The largest absolute Gasteiger partial charge is 0.494 e. The first-order valence-electron chi connectivity index (χ1n) is 7.52. The van der Waals surface area contributed by atoms with Crippen molar-refractivity contribution in [1.82, 2.24) is 14.7 Å². The van der Waals surface area contributed by atoms with E-state index >= 15 is 0 Å². The van der Waals surface area contributed by atoms with Gasteiger partial charge in [0.1, 0.15) is 5.75 Å². The summed E-state index contributed by atoms with van der Waals surface area (Å²) in [4.78, 5) is 14.0. The SMILES string of the molecule is CCOc1ccccc1CCC(=O)N(C)Cc1cnn(C)c1. The van der Waals surface area contributed by atoms with Gasteiger partial charge in [-0.1, -0.05) is 18.2 Å². The molecule has 5 heteroatoms. The third-order valence-corrected chi connectivity index (χ3v) is 3.48. The minimum atomic E-state index is 0.121. The predicted molar refractivity (Wildman–Crippen MR) is 85.6 cm³/mol. The first-order chi connectivity index (χ1) is 10.6. The van der Waals surface area contributed by atoms with Crippen LogP contribution in [0.4, 0.5) is 0 Å². The van der Waals surface area contributed by atoms with Crippen molar-refractivity contribution in [1.29, 1.82) is 0 Å². The molecule has 0 aliphatic carbocycles. The molecule has 0 radical (unpaired) electrons. The lowest BCUT2D eigenvalue weighted by atomic mass is 10.1. The molecule has 0 atom stereocenters. The number of carbonyl (C=O) groups is 1. The van der Waals surface area contributed by atoms with Gasteiger partial charge >= 0.3 is 0 Å². The van der Waals surface area contributed by atoms with Gasteiger partial charge in [0.05, 0.1) is 12.8 Å². The third-order valence-electron chi connectivity index (χ3n) is 3.48. The molecule has 0 saturated carbocycles. The summed E-state index contributed by atoms with van der Waals surface area (Å²) in [7, 11) is 3.69. The maximum atomic E-state index is 12.3. The van der Waals surface area contributed by atoms with E-state index in [0.717, 1.165) is 16.9 Å². The van der Waals surface area contributed by atoms with Crippen molar-refractivity contribution < 1.29 is 9.53 Å². The fraction of sp³-hybridized carbons (Fsp3) is 0.412. The van der Waals surface area contributed by atoms with Crippen molar-refractivity contribution in [3.8, 4) is 5.75 Å². The summed E-state index contributed by atoms with van der Waals surface area (Å²) in [6, 6.07) is 7.88. The summed E-state index contributed by atoms with van der Waals surface area (Å²) in [6.07, 6.45) is 4.87. The molecule has 0 aliphatic heterocycles. The van der Waals surface area contributed by atoms with Gasteiger partial charge in [-0.2, -0.15) is 5.10 Å². The molecule has 0 unspecified atom stereocenters. The number of amides is 1. The van der Waals surface area contributed by atoms with Crippen LogP contribution in [0, 0.1) is 0 Å². The summed E-state index contributed by atoms with van der Waals surface area (Å²) < 4.78 is 7.33. The Kier molecular flexibility index (Phi) is 5.58. The number of carbonyl (C=O) groups excluding carboxylic acids is 1. The van der Waals surface area contributed by atoms with Crippen molar-refractivity contribution in [2.45, 2.75) is 26.3 Å². The Hall–Kier alpha value is -2.30. The Morgan fingerprint density at radius 2 is 2.14 bits per heavy atom. The van der Waals surface area contributed by atoms with Gasteiger partial charge < -0.3 is 9.64 Å². The number of aryl methyl sites for hydroxylation is 2. The van der Waals surface area contributed by atoms with Crippen LogP contribution in [0.1, 0.15) is 24.5 Å². The first kappa shape index (κ1) is 16.1. The van der Waals surface area contributed by atoms with E-state index in [-0.39, 0.29) is 5.91 Å². The van der Waals surface area contributed by atoms with Gasteiger partial charge in [0.2, 0.25) is 5.91 Å². The maximum Gasteiger partial charge on any atom is 0.222 e. The number of rotatable bonds is 7. The number of hydrogen-bond donors (Lipinski definition) is 0. The molecule has 0 spiro atoms. The van der Waals surface area contributed by atoms with Crippen LogP contribution in [0.15, 0.2) is 36.7 Å². The van der Waals surface area contributed by atoms with Crippen LogP contribution in [0.3, 0.4) is 0 Å². The molecule has 0 bridgehead atoms. The van der Waals surface area contributed by atoms with Crippen molar-refractivity contribution in [3.63, 3.8) is 0 Å². The van der Waals surface area contributed by atoms with Gasteiger partial charge in [-0.25, -0.2) is 0 Å². The standard InChI is InChI=1S/C17H23N3O2/c1-4-22-16-8-6-5-7-15(16)9-10-17(21)19(2)12-14-11-18-20(3)13-14/h5-8,11,13H,4,9-10,12H2,1-3H3. The van der Waals surface area contributed by atoms with Gasteiger partial charge in [-0.15, -0.1) is 0 Å². The quantitative estimate of drug-likeness (QED) is 0.789. The topological polar surface area (TPSA) is 47.4 Å². The molecule has 0 N–H and O–H groups in total. The van der Waals surface area contributed by atoms with Crippen molar-refractivity contribution >= 4 is 5.91 Å².